The highest BCUT2D eigenvalue weighted by molar-refractivity contribution is 5.81. The SMILES string of the molecule is CCN(CC)C(=O)C(C)Oc1ccc2c(c1)C(c1ccccc1)N(C(=O)C(C)C)CC2. The summed E-state index contributed by atoms with van der Waals surface area (Å²) in [5.74, 6) is 0.722. The maximum atomic E-state index is 13.0. The van der Waals surface area contributed by atoms with Gasteiger partial charge in [0, 0.05) is 25.6 Å². The zero-order chi connectivity index (χ0) is 22.5. The van der Waals surface area contributed by atoms with Crippen molar-refractivity contribution in [3.05, 3.63) is 65.2 Å². The minimum absolute atomic E-state index is 0.0149. The van der Waals surface area contributed by atoms with Gasteiger partial charge in [0.15, 0.2) is 6.10 Å². The van der Waals surface area contributed by atoms with E-state index in [2.05, 4.69) is 18.2 Å². The highest BCUT2D eigenvalue weighted by Gasteiger charge is 2.33. The van der Waals surface area contributed by atoms with E-state index in [4.69, 9.17) is 4.74 Å². The molecule has 0 aliphatic carbocycles. The Labute approximate surface area is 186 Å². The molecule has 5 nitrogen and oxygen atoms in total. The molecule has 1 heterocycles. The van der Waals surface area contributed by atoms with Crippen LogP contribution in [0.2, 0.25) is 0 Å². The number of hydrogen-bond donors (Lipinski definition) is 0. The molecule has 0 bridgehead atoms. The first kappa shape index (κ1) is 22.9. The van der Waals surface area contributed by atoms with Crippen molar-refractivity contribution in [3.8, 4) is 5.75 Å². The fourth-order valence-electron chi connectivity index (χ4n) is 4.28. The van der Waals surface area contributed by atoms with Crippen LogP contribution >= 0.6 is 0 Å². The van der Waals surface area contributed by atoms with E-state index in [1.54, 1.807) is 11.8 Å². The minimum atomic E-state index is -0.565. The summed E-state index contributed by atoms with van der Waals surface area (Å²) in [6.45, 7) is 11.6. The number of rotatable bonds is 7. The van der Waals surface area contributed by atoms with E-state index < -0.39 is 6.10 Å². The van der Waals surface area contributed by atoms with Gasteiger partial charge in [-0.3, -0.25) is 9.59 Å². The first-order chi connectivity index (χ1) is 14.9. The zero-order valence-electron chi connectivity index (χ0n) is 19.3. The summed E-state index contributed by atoms with van der Waals surface area (Å²) in [7, 11) is 0. The largest absolute Gasteiger partial charge is 0.481 e. The summed E-state index contributed by atoms with van der Waals surface area (Å²) in [5.41, 5.74) is 3.38. The lowest BCUT2D eigenvalue weighted by molar-refractivity contribution is -0.137. The predicted molar refractivity (Wildman–Crippen MR) is 123 cm³/mol. The summed E-state index contributed by atoms with van der Waals surface area (Å²) in [6, 6.07) is 16.0. The molecule has 0 N–H and O–H groups in total. The van der Waals surface area contributed by atoms with Gasteiger partial charge >= 0.3 is 0 Å². The molecule has 1 aliphatic heterocycles. The van der Waals surface area contributed by atoms with Crippen LogP contribution in [0.1, 0.15) is 57.4 Å². The van der Waals surface area contributed by atoms with Gasteiger partial charge in [0.2, 0.25) is 5.91 Å². The van der Waals surface area contributed by atoms with Crippen molar-refractivity contribution < 1.29 is 14.3 Å². The Hall–Kier alpha value is -2.82. The number of carbonyl (C=O) groups is 2. The Morgan fingerprint density at radius 3 is 2.35 bits per heavy atom. The van der Waals surface area contributed by atoms with Crippen molar-refractivity contribution in [3.63, 3.8) is 0 Å². The van der Waals surface area contributed by atoms with Gasteiger partial charge < -0.3 is 14.5 Å². The van der Waals surface area contributed by atoms with Gasteiger partial charge in [-0.05, 0) is 56.0 Å². The van der Waals surface area contributed by atoms with Crippen molar-refractivity contribution in [1.82, 2.24) is 9.80 Å². The lowest BCUT2D eigenvalue weighted by atomic mass is 9.87. The minimum Gasteiger partial charge on any atom is -0.481 e. The molecular formula is C26H34N2O3. The number of likely N-dealkylation sites (N-methyl/N-ethyl adjacent to an activating group) is 1. The standard InChI is InChI=1S/C26H34N2O3/c1-6-27(7-2)26(30)19(5)31-22-14-13-20-15-16-28(25(29)18(3)4)24(23(20)17-22)21-11-9-8-10-12-21/h8-14,17-19,24H,6-7,15-16H2,1-5H3. The number of benzene rings is 2. The Bertz CT molecular complexity index is 906. The highest BCUT2D eigenvalue weighted by Crippen LogP contribution is 2.38. The molecule has 0 radical (unpaired) electrons. The molecule has 2 unspecified atom stereocenters. The van der Waals surface area contributed by atoms with E-state index in [-0.39, 0.29) is 23.8 Å². The van der Waals surface area contributed by atoms with E-state index in [0.29, 0.717) is 25.4 Å². The van der Waals surface area contributed by atoms with Gasteiger partial charge in [-0.1, -0.05) is 50.2 Å². The van der Waals surface area contributed by atoms with Gasteiger partial charge in [-0.2, -0.15) is 0 Å². The first-order valence-corrected chi connectivity index (χ1v) is 11.3. The van der Waals surface area contributed by atoms with Crippen LogP contribution in [0.3, 0.4) is 0 Å². The molecular weight excluding hydrogens is 388 g/mol. The van der Waals surface area contributed by atoms with Crippen molar-refractivity contribution in [2.75, 3.05) is 19.6 Å². The van der Waals surface area contributed by atoms with Gasteiger partial charge in [0.05, 0.1) is 6.04 Å². The molecule has 0 saturated carbocycles. The van der Waals surface area contributed by atoms with Crippen LogP contribution in [-0.2, 0) is 16.0 Å². The lowest BCUT2D eigenvalue weighted by Gasteiger charge is -2.39. The molecule has 2 amide bonds. The number of nitrogens with zero attached hydrogens (tertiary/aromatic N) is 2. The van der Waals surface area contributed by atoms with Gasteiger partial charge in [-0.15, -0.1) is 0 Å². The molecule has 2 aromatic carbocycles. The zero-order valence-corrected chi connectivity index (χ0v) is 19.3. The molecule has 3 rings (SSSR count). The van der Waals surface area contributed by atoms with Gasteiger partial charge in [0.1, 0.15) is 5.75 Å². The molecule has 5 heteroatoms. The Morgan fingerprint density at radius 1 is 1.06 bits per heavy atom. The Morgan fingerprint density at radius 2 is 1.74 bits per heavy atom. The van der Waals surface area contributed by atoms with Crippen LogP contribution in [0.5, 0.6) is 5.75 Å². The van der Waals surface area contributed by atoms with Crippen molar-refractivity contribution >= 4 is 11.8 Å². The second kappa shape index (κ2) is 9.99. The summed E-state index contributed by atoms with van der Waals surface area (Å²) in [5, 5.41) is 0. The smallest absolute Gasteiger partial charge is 0.263 e. The summed E-state index contributed by atoms with van der Waals surface area (Å²) in [6.07, 6.45) is 0.246. The van der Waals surface area contributed by atoms with E-state index in [1.165, 1.54) is 5.56 Å². The van der Waals surface area contributed by atoms with E-state index in [9.17, 15) is 9.59 Å². The Kier molecular flexibility index (Phi) is 7.37. The fourth-order valence-corrected chi connectivity index (χ4v) is 4.28. The predicted octanol–water partition coefficient (Wildman–Crippen LogP) is 4.45. The number of hydrogen-bond acceptors (Lipinski definition) is 3. The summed E-state index contributed by atoms with van der Waals surface area (Å²) < 4.78 is 6.06. The van der Waals surface area contributed by atoms with E-state index in [1.807, 2.05) is 62.9 Å². The number of ether oxygens (including phenoxy) is 1. The third-order valence-corrected chi connectivity index (χ3v) is 5.97. The molecule has 2 aromatic rings. The molecule has 2 atom stereocenters. The second-order valence-corrected chi connectivity index (χ2v) is 8.38. The third-order valence-electron chi connectivity index (χ3n) is 5.97. The number of fused-ring (bicyclic) bond motifs is 1. The average Bonchev–Trinajstić information content (AvgIpc) is 2.78. The quantitative estimate of drug-likeness (QED) is 0.662. The van der Waals surface area contributed by atoms with Crippen LogP contribution < -0.4 is 4.74 Å². The molecule has 1 aliphatic rings. The molecule has 0 spiro atoms. The number of carbonyl (C=O) groups excluding carboxylic acids is 2. The summed E-state index contributed by atoms with van der Waals surface area (Å²) in [4.78, 5) is 29.4. The molecule has 31 heavy (non-hydrogen) atoms. The van der Waals surface area contributed by atoms with Gasteiger partial charge in [0.25, 0.3) is 5.91 Å². The van der Waals surface area contributed by atoms with E-state index in [0.717, 1.165) is 17.5 Å². The lowest BCUT2D eigenvalue weighted by Crippen LogP contribution is -2.42. The summed E-state index contributed by atoms with van der Waals surface area (Å²) >= 11 is 0. The maximum Gasteiger partial charge on any atom is 0.263 e. The van der Waals surface area contributed by atoms with Crippen LogP contribution in [0.25, 0.3) is 0 Å². The van der Waals surface area contributed by atoms with Crippen LogP contribution in [0, 0.1) is 5.92 Å². The van der Waals surface area contributed by atoms with Crippen LogP contribution in [-0.4, -0.2) is 47.4 Å². The molecule has 0 saturated heterocycles. The molecule has 0 fully saturated rings. The van der Waals surface area contributed by atoms with E-state index >= 15 is 0 Å². The fraction of sp³-hybridized carbons (Fsp3) is 0.462. The normalized spacial score (nSPS) is 16.6. The molecule has 0 aromatic heterocycles. The van der Waals surface area contributed by atoms with Crippen molar-refractivity contribution in [2.24, 2.45) is 5.92 Å². The topological polar surface area (TPSA) is 49.9 Å². The van der Waals surface area contributed by atoms with Crippen LogP contribution in [0.4, 0.5) is 0 Å². The maximum absolute atomic E-state index is 13.0. The van der Waals surface area contributed by atoms with Crippen LogP contribution in [0.15, 0.2) is 48.5 Å². The van der Waals surface area contributed by atoms with Crippen molar-refractivity contribution in [2.45, 2.75) is 53.2 Å². The number of amides is 2. The molecule has 166 valence electrons. The van der Waals surface area contributed by atoms with Gasteiger partial charge in [-0.25, -0.2) is 0 Å². The Balaban J connectivity index is 1.96. The monoisotopic (exact) mass is 422 g/mol. The first-order valence-electron chi connectivity index (χ1n) is 11.3. The third kappa shape index (κ3) is 4.92. The van der Waals surface area contributed by atoms with Crippen molar-refractivity contribution in [1.29, 1.82) is 0 Å². The average molecular weight is 423 g/mol. The second-order valence-electron chi connectivity index (χ2n) is 8.38. The highest BCUT2D eigenvalue weighted by atomic mass is 16.5.